The molecule has 0 atom stereocenters. The summed E-state index contributed by atoms with van der Waals surface area (Å²) in [4.78, 5) is 22.7. The molecular formula is C25H25FIN5O5S. The number of hydrogen-bond acceptors (Lipinski definition) is 7. The zero-order valence-electron chi connectivity index (χ0n) is 20.5. The molecule has 2 heterocycles. The minimum absolute atomic E-state index is 0.102. The van der Waals surface area contributed by atoms with Crippen LogP contribution in [0, 0.1) is 9.39 Å². The second-order valence-electron chi connectivity index (χ2n) is 8.39. The fraction of sp³-hybridized carbons (Fsp3) is 0.200. The van der Waals surface area contributed by atoms with Crippen molar-refractivity contribution >= 4 is 60.8 Å². The van der Waals surface area contributed by atoms with Crippen LogP contribution in [0.15, 0.2) is 65.8 Å². The predicted octanol–water partition coefficient (Wildman–Crippen LogP) is 3.48. The Labute approximate surface area is 232 Å². The van der Waals surface area contributed by atoms with Gasteiger partial charge in [0.2, 0.25) is 10.0 Å². The average Bonchev–Trinajstić information content (AvgIpc) is 3.19. The zero-order valence-corrected chi connectivity index (χ0v) is 23.5. The first-order valence-corrected chi connectivity index (χ1v) is 13.9. The Morgan fingerprint density at radius 2 is 2.00 bits per heavy atom. The van der Waals surface area contributed by atoms with Gasteiger partial charge in [-0.2, -0.15) is 0 Å². The van der Waals surface area contributed by atoms with E-state index >= 15 is 0 Å². The van der Waals surface area contributed by atoms with E-state index in [-0.39, 0.29) is 41.7 Å². The van der Waals surface area contributed by atoms with Gasteiger partial charge in [-0.1, -0.05) is 12.1 Å². The van der Waals surface area contributed by atoms with E-state index in [0.29, 0.717) is 20.0 Å². The Hall–Kier alpha value is -3.11. The number of anilines is 2. The van der Waals surface area contributed by atoms with Gasteiger partial charge in [-0.05, 0) is 64.6 Å². The van der Waals surface area contributed by atoms with E-state index in [2.05, 4.69) is 15.8 Å². The van der Waals surface area contributed by atoms with Crippen LogP contribution in [0.1, 0.15) is 16.1 Å². The van der Waals surface area contributed by atoms with Crippen LogP contribution in [0.2, 0.25) is 0 Å². The Morgan fingerprint density at radius 3 is 2.71 bits per heavy atom. The maximum absolute atomic E-state index is 14.8. The molecule has 0 unspecified atom stereocenters. The highest BCUT2D eigenvalue weighted by molar-refractivity contribution is 14.1. The monoisotopic (exact) mass is 653 g/mol. The van der Waals surface area contributed by atoms with Crippen molar-refractivity contribution in [2.75, 3.05) is 32.6 Å². The molecule has 0 aliphatic rings. The van der Waals surface area contributed by atoms with Gasteiger partial charge in [-0.25, -0.2) is 22.6 Å². The normalized spacial score (nSPS) is 11.7. The molecule has 0 aliphatic carbocycles. The van der Waals surface area contributed by atoms with Gasteiger partial charge in [0, 0.05) is 42.0 Å². The van der Waals surface area contributed by atoms with Gasteiger partial charge in [0.15, 0.2) is 0 Å². The standard InChI is InChI=1S/C25H25FIN5O5S/c1-31(2)38(35,36)18-5-3-4-16(12-18)15-32-22-8-9-28-14-19(22)23(24(32)25(34)30-37-11-10-33)29-21-7-6-17(27)13-20(21)26/h3-9,12-14,29,33H,10-11,15H2,1-2H3,(H,30,34). The van der Waals surface area contributed by atoms with Crippen molar-refractivity contribution in [2.45, 2.75) is 11.4 Å². The number of aliphatic hydroxyl groups excluding tert-OH is 1. The molecule has 4 aromatic rings. The van der Waals surface area contributed by atoms with Crippen LogP contribution in [0.5, 0.6) is 0 Å². The van der Waals surface area contributed by atoms with Crippen LogP contribution >= 0.6 is 22.6 Å². The molecule has 1 amide bonds. The van der Waals surface area contributed by atoms with Crippen molar-refractivity contribution in [1.29, 1.82) is 0 Å². The number of halogens is 2. The first-order valence-electron chi connectivity index (χ1n) is 11.4. The number of carbonyl (C=O) groups excluding carboxylic acids is 1. The van der Waals surface area contributed by atoms with E-state index in [0.717, 1.165) is 4.31 Å². The predicted molar refractivity (Wildman–Crippen MR) is 149 cm³/mol. The minimum atomic E-state index is -3.68. The molecule has 0 saturated carbocycles. The Morgan fingerprint density at radius 1 is 1.21 bits per heavy atom. The number of rotatable bonds is 10. The van der Waals surface area contributed by atoms with E-state index in [1.54, 1.807) is 47.3 Å². The lowest BCUT2D eigenvalue weighted by atomic mass is 10.2. The molecule has 2 aromatic carbocycles. The summed E-state index contributed by atoms with van der Waals surface area (Å²) in [5.41, 5.74) is 4.06. The number of nitrogens with one attached hydrogen (secondary N) is 2. The van der Waals surface area contributed by atoms with Crippen molar-refractivity contribution < 1.29 is 27.5 Å². The van der Waals surface area contributed by atoms with Crippen molar-refractivity contribution in [1.82, 2.24) is 19.3 Å². The van der Waals surface area contributed by atoms with Crippen LogP contribution in [-0.2, 0) is 21.4 Å². The number of sulfonamides is 1. The number of benzene rings is 2. The van der Waals surface area contributed by atoms with Gasteiger partial charge in [0.05, 0.1) is 35.0 Å². The van der Waals surface area contributed by atoms with E-state index in [1.807, 2.05) is 22.6 Å². The van der Waals surface area contributed by atoms with Crippen LogP contribution in [0.3, 0.4) is 0 Å². The lowest BCUT2D eigenvalue weighted by Crippen LogP contribution is -2.28. The van der Waals surface area contributed by atoms with Gasteiger partial charge in [0.1, 0.15) is 11.5 Å². The fourth-order valence-electron chi connectivity index (χ4n) is 3.86. The molecular weight excluding hydrogens is 628 g/mol. The second-order valence-corrected chi connectivity index (χ2v) is 11.8. The molecule has 0 radical (unpaired) electrons. The number of pyridine rings is 1. The maximum atomic E-state index is 14.8. The third-order valence-electron chi connectivity index (χ3n) is 5.65. The van der Waals surface area contributed by atoms with E-state index in [1.165, 1.54) is 32.3 Å². The average molecular weight is 653 g/mol. The van der Waals surface area contributed by atoms with Gasteiger partial charge in [-0.15, -0.1) is 0 Å². The number of aliphatic hydroxyl groups is 1. The highest BCUT2D eigenvalue weighted by Gasteiger charge is 2.25. The maximum Gasteiger partial charge on any atom is 0.293 e. The van der Waals surface area contributed by atoms with Gasteiger partial charge in [0.25, 0.3) is 5.91 Å². The summed E-state index contributed by atoms with van der Waals surface area (Å²) in [5, 5.41) is 12.6. The van der Waals surface area contributed by atoms with Gasteiger partial charge in [-0.3, -0.25) is 14.6 Å². The molecule has 13 heteroatoms. The number of hydrogen-bond donors (Lipinski definition) is 3. The summed E-state index contributed by atoms with van der Waals surface area (Å²) in [5.74, 6) is -1.16. The summed E-state index contributed by atoms with van der Waals surface area (Å²) in [7, 11) is -0.784. The molecule has 0 saturated heterocycles. The van der Waals surface area contributed by atoms with Crippen molar-refractivity contribution in [3.05, 3.63) is 81.6 Å². The molecule has 0 bridgehead atoms. The number of hydroxylamine groups is 1. The fourth-order valence-corrected chi connectivity index (χ4v) is 5.28. The van der Waals surface area contributed by atoms with Crippen LogP contribution in [0.25, 0.3) is 10.9 Å². The first-order chi connectivity index (χ1) is 18.1. The van der Waals surface area contributed by atoms with E-state index in [9.17, 15) is 17.6 Å². The quantitative estimate of drug-likeness (QED) is 0.136. The van der Waals surface area contributed by atoms with Gasteiger partial charge < -0.3 is 15.0 Å². The highest BCUT2D eigenvalue weighted by atomic mass is 127. The topological polar surface area (TPSA) is 126 Å². The minimum Gasteiger partial charge on any atom is -0.394 e. The largest absolute Gasteiger partial charge is 0.394 e. The molecule has 0 spiro atoms. The highest BCUT2D eigenvalue weighted by Crippen LogP contribution is 2.35. The Kier molecular flexibility index (Phi) is 8.62. The Balaban J connectivity index is 1.87. The zero-order chi connectivity index (χ0) is 27.4. The summed E-state index contributed by atoms with van der Waals surface area (Å²) >= 11 is 2.00. The lowest BCUT2D eigenvalue weighted by molar-refractivity contribution is 0.0163. The van der Waals surface area contributed by atoms with Crippen LogP contribution in [0.4, 0.5) is 15.8 Å². The van der Waals surface area contributed by atoms with Crippen LogP contribution in [-0.4, -0.2) is 60.6 Å². The third kappa shape index (κ3) is 5.81. The van der Waals surface area contributed by atoms with Crippen LogP contribution < -0.4 is 10.8 Å². The summed E-state index contributed by atoms with van der Waals surface area (Å²) in [6, 6.07) is 12.8. The molecule has 10 nitrogen and oxygen atoms in total. The number of carbonyl (C=O) groups is 1. The first kappa shape index (κ1) is 27.9. The molecule has 38 heavy (non-hydrogen) atoms. The molecule has 0 fully saturated rings. The third-order valence-corrected chi connectivity index (χ3v) is 8.13. The van der Waals surface area contributed by atoms with E-state index in [4.69, 9.17) is 9.94 Å². The Bertz CT molecular complexity index is 1590. The summed E-state index contributed by atoms with van der Waals surface area (Å²) in [6.45, 7) is -0.331. The molecule has 0 aliphatic heterocycles. The van der Waals surface area contributed by atoms with Gasteiger partial charge >= 0.3 is 0 Å². The van der Waals surface area contributed by atoms with Crippen molar-refractivity contribution in [2.24, 2.45) is 0 Å². The molecule has 200 valence electrons. The smallest absolute Gasteiger partial charge is 0.293 e. The SMILES string of the molecule is CN(C)S(=O)(=O)c1cccc(Cn2c(C(=O)NOCCO)c(Nc3ccc(I)cc3F)c3cnccc32)c1. The number of amides is 1. The summed E-state index contributed by atoms with van der Waals surface area (Å²) < 4.78 is 43.7. The second kappa shape index (κ2) is 11.7. The van der Waals surface area contributed by atoms with E-state index < -0.39 is 21.7 Å². The van der Waals surface area contributed by atoms with Crippen molar-refractivity contribution in [3.63, 3.8) is 0 Å². The number of nitrogens with zero attached hydrogens (tertiary/aromatic N) is 3. The van der Waals surface area contributed by atoms with Crippen molar-refractivity contribution in [3.8, 4) is 0 Å². The lowest BCUT2D eigenvalue weighted by Gasteiger charge is -2.15. The number of fused-ring (bicyclic) bond motifs is 1. The molecule has 2 aromatic heterocycles. The molecule has 4 rings (SSSR count). The summed E-state index contributed by atoms with van der Waals surface area (Å²) in [6.07, 6.45) is 3.11. The molecule has 3 N–H and O–H groups in total. The number of aromatic nitrogens is 2.